The second-order valence-corrected chi connectivity index (χ2v) is 19.5. The summed E-state index contributed by atoms with van der Waals surface area (Å²) in [6, 6.07) is 2.46. The third-order valence-corrected chi connectivity index (χ3v) is 12.2. The molecule has 0 radical (unpaired) electrons. The van der Waals surface area contributed by atoms with Gasteiger partial charge in [0.2, 0.25) is 41.4 Å². The maximum absolute atomic E-state index is 14.4. The molecule has 30 nitrogen and oxygen atoms in total. The number of guanidine groups is 1. The average Bonchev–Trinajstić information content (AvgIpc) is 3.79. The lowest BCUT2D eigenvalue weighted by Crippen LogP contribution is -2.60. The summed E-state index contributed by atoms with van der Waals surface area (Å²) in [4.78, 5) is 153. The summed E-state index contributed by atoms with van der Waals surface area (Å²) in [6.45, 7) is 3.23. The molecule has 0 saturated heterocycles. The number of carboxylic acids is 1. The lowest BCUT2D eigenvalue weighted by molar-refractivity contribution is -0.152. The van der Waals surface area contributed by atoms with Gasteiger partial charge in [-0.3, -0.25) is 62.6 Å². The van der Waals surface area contributed by atoms with Crippen molar-refractivity contribution < 1.29 is 82.4 Å². The van der Waals surface area contributed by atoms with Gasteiger partial charge in [-0.25, -0.2) is 0 Å². The fourth-order valence-corrected chi connectivity index (χ4v) is 7.92. The number of phenolic OH excluding ortho intramolecular Hbond substituents is 2. The minimum Gasteiger partial charge on any atom is -0.508 e. The van der Waals surface area contributed by atoms with Crippen molar-refractivity contribution in [1.29, 1.82) is 0 Å². The zero-order valence-electron chi connectivity index (χ0n) is 46.3. The fraction of sp³-hybridized carbons (Fsp3) is 0.509. The van der Waals surface area contributed by atoms with Crippen molar-refractivity contribution in [3.8, 4) is 11.5 Å². The summed E-state index contributed by atoms with van der Waals surface area (Å²) in [5.74, 6) is -10.3. The number of aliphatic carboxylic acids is 1. The number of aliphatic imine (C=N–C) groups is 1. The van der Waals surface area contributed by atoms with E-state index in [1.807, 2.05) is 0 Å². The van der Waals surface area contributed by atoms with Crippen molar-refractivity contribution in [3.05, 3.63) is 71.8 Å². The van der Waals surface area contributed by atoms with Crippen LogP contribution >= 0.6 is 0 Å². The number of unbranched alkanes of at least 4 members (excludes halogenated alkanes) is 1. The third-order valence-electron chi connectivity index (χ3n) is 12.2. The highest BCUT2D eigenvalue weighted by Gasteiger charge is 2.35. The maximum Gasteiger partial charge on any atom is 0.326 e. The van der Waals surface area contributed by atoms with Crippen LogP contribution in [-0.4, -0.2) is 180 Å². The minimum atomic E-state index is -1.82. The van der Waals surface area contributed by atoms with Crippen molar-refractivity contribution in [2.45, 2.75) is 114 Å². The average molecular weight is 1170 g/mol. The lowest BCUT2D eigenvalue weighted by Gasteiger charge is -2.28. The Morgan fingerprint density at radius 1 is 0.614 bits per heavy atom. The Labute approximate surface area is 478 Å². The van der Waals surface area contributed by atoms with Gasteiger partial charge >= 0.3 is 11.9 Å². The summed E-state index contributed by atoms with van der Waals surface area (Å²) in [6.07, 6.45) is 1.50. The first-order valence-corrected chi connectivity index (χ1v) is 26.7. The number of carbonyl (C=O) groups is 11. The van der Waals surface area contributed by atoms with Gasteiger partial charge in [0.05, 0.1) is 39.2 Å². The Hall–Kier alpha value is -8.74. The molecule has 0 fully saturated rings. The molecular formula is C53H77N13O17. The fourth-order valence-electron chi connectivity index (χ4n) is 7.92. The van der Waals surface area contributed by atoms with Crippen LogP contribution in [0.4, 0.5) is 0 Å². The molecule has 0 unspecified atom stereocenters. The molecule has 1 heterocycles. The first-order chi connectivity index (χ1) is 39.4. The predicted molar refractivity (Wildman–Crippen MR) is 295 cm³/mol. The first-order valence-electron chi connectivity index (χ1n) is 26.7. The summed E-state index contributed by atoms with van der Waals surface area (Å²) < 4.78 is 10.8. The van der Waals surface area contributed by atoms with Gasteiger partial charge in [0, 0.05) is 38.1 Å². The van der Waals surface area contributed by atoms with E-state index in [0.717, 1.165) is 17.1 Å². The number of phenols is 2. The monoisotopic (exact) mass is 1170 g/mol. The van der Waals surface area contributed by atoms with Gasteiger partial charge in [0.15, 0.2) is 5.96 Å². The molecule has 0 spiro atoms. The number of hydrogen-bond acceptors (Lipinski definition) is 19. The highest BCUT2D eigenvalue weighted by molar-refractivity contribution is 6.13. The van der Waals surface area contributed by atoms with Crippen LogP contribution in [0.25, 0.3) is 0 Å². The van der Waals surface area contributed by atoms with Crippen LogP contribution in [0, 0.1) is 5.92 Å². The first kappa shape index (κ1) is 68.5. The summed E-state index contributed by atoms with van der Waals surface area (Å²) in [7, 11) is 0. The van der Waals surface area contributed by atoms with Crippen molar-refractivity contribution >= 4 is 71.1 Å². The predicted octanol–water partition coefficient (Wildman–Crippen LogP) is -3.62. The number of rotatable bonds is 40. The van der Waals surface area contributed by atoms with Crippen molar-refractivity contribution in [3.63, 3.8) is 0 Å². The summed E-state index contributed by atoms with van der Waals surface area (Å²) >= 11 is 0. The molecule has 456 valence electrons. The SMILES string of the molecule is CC(C)C[C@H](NC(=O)[C@H](CCCCN)NC(=O)[C@H](CCCN=C(N)N)NC(=O)COCCOCCNOC(=O)CCN1C(=O)C=CC1=O)C(=O)N[C@@H](Cc1ccc(O)cc1)C(=O)N[C@@H](CC(=O)O)C(=O)N[C@@H](Cc1ccc(O)cc1)C(N)=O. The molecule has 1 aliphatic heterocycles. The zero-order chi connectivity index (χ0) is 61.4. The third kappa shape index (κ3) is 27.1. The van der Waals surface area contributed by atoms with Crippen LogP contribution in [0.1, 0.15) is 76.3 Å². The molecule has 2 aromatic carbocycles. The van der Waals surface area contributed by atoms with E-state index in [2.05, 4.69) is 42.4 Å². The molecular weight excluding hydrogens is 1090 g/mol. The molecule has 3 rings (SSSR count). The Balaban J connectivity index is 1.73. The van der Waals surface area contributed by atoms with Gasteiger partial charge in [-0.15, -0.1) is 0 Å². The number of amides is 9. The lowest BCUT2D eigenvalue weighted by atomic mass is 9.99. The molecule has 18 N–H and O–H groups in total. The number of benzene rings is 2. The second kappa shape index (κ2) is 36.6. The Kier molecular flexibility index (Phi) is 30.2. The number of ether oxygens (including phenoxy) is 2. The van der Waals surface area contributed by atoms with E-state index in [0.29, 0.717) is 24.0 Å². The molecule has 0 aromatic heterocycles. The van der Waals surface area contributed by atoms with Crippen molar-refractivity contribution in [1.82, 2.24) is 42.3 Å². The van der Waals surface area contributed by atoms with E-state index in [1.165, 1.54) is 48.5 Å². The van der Waals surface area contributed by atoms with Gasteiger partial charge in [-0.1, -0.05) is 38.1 Å². The molecule has 83 heavy (non-hydrogen) atoms. The number of aromatic hydroxyl groups is 2. The normalized spacial score (nSPS) is 14.0. The van der Waals surface area contributed by atoms with Gasteiger partial charge in [-0.05, 0) is 86.4 Å². The number of nitrogens with one attached hydrogen (secondary N) is 7. The number of nitrogens with zero attached hydrogens (tertiary/aromatic N) is 2. The van der Waals surface area contributed by atoms with E-state index in [-0.39, 0.29) is 114 Å². The smallest absolute Gasteiger partial charge is 0.326 e. The standard InChI is InChI=1S/C53H77N13O17/c1-31(2)26-39(50(78)64-40(28-33-10-14-35(68)15-11-33)51(79)65-41(29-45(72)73)52(80)62-38(47(55)75)27-32-8-12-34(67)13-9-32)63-49(77)37(6-3-4-19-54)61-48(76)36(7-5-20-58-53(56)57)60-42(69)30-82-25-24-81-23-21-59-83-46(74)18-22-66-43(70)16-17-44(66)71/h8-17,31,36-41,59,67-68H,3-7,18-30,54H2,1-2H3,(H2,55,75)(H,60,69)(H,61,76)(H,62,80)(H,63,77)(H,64,78)(H,65,79)(H,72,73)(H4,56,57,58)/t36-,37-,38-,39-,40-,41-/m0/s1. The van der Waals surface area contributed by atoms with Crippen LogP contribution in [0.5, 0.6) is 11.5 Å². The van der Waals surface area contributed by atoms with Crippen LogP contribution in [0.15, 0.2) is 65.7 Å². The van der Waals surface area contributed by atoms with Gasteiger partial charge in [-0.2, -0.15) is 5.48 Å². The van der Waals surface area contributed by atoms with Crippen LogP contribution < -0.4 is 60.3 Å². The molecule has 6 atom stereocenters. The molecule has 2 aromatic rings. The number of nitrogens with two attached hydrogens (primary N) is 4. The highest BCUT2D eigenvalue weighted by atomic mass is 16.7. The molecule has 0 aliphatic carbocycles. The molecule has 30 heteroatoms. The van der Waals surface area contributed by atoms with Crippen molar-refractivity contribution in [2.75, 3.05) is 52.6 Å². The van der Waals surface area contributed by atoms with E-state index in [4.69, 9.17) is 37.2 Å². The number of hydroxylamine groups is 1. The zero-order valence-corrected chi connectivity index (χ0v) is 46.3. The number of carbonyl (C=O) groups excluding carboxylic acids is 10. The Morgan fingerprint density at radius 3 is 1.67 bits per heavy atom. The minimum absolute atomic E-state index is 0.00973. The Morgan fingerprint density at radius 2 is 1.11 bits per heavy atom. The number of carboxylic acid groups (broad SMARTS) is 1. The largest absolute Gasteiger partial charge is 0.508 e. The van der Waals surface area contributed by atoms with E-state index in [1.54, 1.807) is 13.8 Å². The topological polar surface area (TPSA) is 480 Å². The highest BCUT2D eigenvalue weighted by Crippen LogP contribution is 2.15. The molecule has 9 amide bonds. The van der Waals surface area contributed by atoms with Gasteiger partial charge < -0.3 is 84.5 Å². The van der Waals surface area contributed by atoms with Crippen LogP contribution in [0.2, 0.25) is 0 Å². The quantitative estimate of drug-likeness (QED) is 0.0101. The van der Waals surface area contributed by atoms with Crippen LogP contribution in [0.3, 0.4) is 0 Å². The number of hydrogen-bond donors (Lipinski definition) is 14. The van der Waals surface area contributed by atoms with E-state index in [9.17, 15) is 68.1 Å². The van der Waals surface area contributed by atoms with E-state index < -0.39 is 114 Å². The van der Waals surface area contributed by atoms with Gasteiger partial charge in [0.25, 0.3) is 11.8 Å². The molecule has 0 saturated carbocycles. The Bertz CT molecular complexity index is 2560. The molecule has 0 bridgehead atoms. The second-order valence-electron chi connectivity index (χ2n) is 19.5. The molecule has 1 aliphatic rings. The number of primary amides is 1. The summed E-state index contributed by atoms with van der Waals surface area (Å²) in [5.41, 5.74) is 25.6. The summed E-state index contributed by atoms with van der Waals surface area (Å²) in [5, 5.41) is 44.7. The number of imide groups is 1. The van der Waals surface area contributed by atoms with E-state index >= 15 is 0 Å². The van der Waals surface area contributed by atoms with Crippen LogP contribution in [-0.2, 0) is 79.9 Å². The maximum atomic E-state index is 14.4. The van der Waals surface area contributed by atoms with Crippen molar-refractivity contribution in [2.24, 2.45) is 33.8 Å². The van der Waals surface area contributed by atoms with Gasteiger partial charge in [0.1, 0.15) is 54.4 Å².